The molecule has 5 N–H and O–H groups in total. The number of oxime groups is 1. The molecule has 0 radical (unpaired) electrons. The number of carboxylic acid groups (broad SMARTS) is 2. The Morgan fingerprint density at radius 1 is 1.21 bits per heavy atom. The number of benzene rings is 1. The van der Waals surface area contributed by atoms with Crippen LogP contribution in [0.15, 0.2) is 47.2 Å². The van der Waals surface area contributed by atoms with Crippen LogP contribution in [0.5, 0.6) is 5.75 Å². The van der Waals surface area contributed by atoms with E-state index in [1.165, 1.54) is 19.2 Å². The first kappa shape index (κ1) is 44.3. The zero-order chi connectivity index (χ0) is 42.3. The van der Waals surface area contributed by atoms with Gasteiger partial charge in [-0.2, -0.15) is 31.8 Å². The average Bonchev–Trinajstić information content (AvgIpc) is 3.79. The molecule has 4 heterocycles. The zero-order valence-corrected chi connectivity index (χ0v) is 31.9. The molecule has 2 aromatic heterocycles. The number of aliphatic carboxylic acids is 2. The van der Waals surface area contributed by atoms with Crippen molar-refractivity contribution in [3.63, 3.8) is 0 Å². The minimum absolute atomic E-state index is 0.0609. The smallest absolute Gasteiger partial charge is 0.430 e. The summed E-state index contributed by atoms with van der Waals surface area (Å²) in [4.78, 5) is 55.8. The summed E-state index contributed by atoms with van der Waals surface area (Å²) >= 11 is 0.962. The summed E-state index contributed by atoms with van der Waals surface area (Å²) in [7, 11) is -2.80. The zero-order valence-electron chi connectivity index (χ0n) is 30.2. The molecule has 1 unspecified atom stereocenters. The van der Waals surface area contributed by atoms with Gasteiger partial charge in [0.2, 0.25) is 0 Å². The molecule has 2 fully saturated rings. The highest BCUT2D eigenvalue weighted by molar-refractivity contribution is 7.80. The van der Waals surface area contributed by atoms with Gasteiger partial charge < -0.3 is 44.9 Å². The van der Waals surface area contributed by atoms with E-state index in [9.17, 15) is 41.1 Å². The van der Waals surface area contributed by atoms with Crippen LogP contribution in [0.25, 0.3) is 11.1 Å². The Morgan fingerprint density at radius 3 is 2.37 bits per heavy atom. The van der Waals surface area contributed by atoms with Crippen LogP contribution in [-0.2, 0) is 50.0 Å². The number of anilines is 1. The number of quaternary nitrogens is 1. The van der Waals surface area contributed by atoms with Gasteiger partial charge in [-0.25, -0.2) is 9.78 Å². The van der Waals surface area contributed by atoms with E-state index in [-0.39, 0.29) is 10.8 Å². The Hall–Kier alpha value is -5.41. The highest BCUT2D eigenvalue weighted by atomic mass is 32.3. The van der Waals surface area contributed by atoms with E-state index in [1.54, 1.807) is 18.3 Å². The van der Waals surface area contributed by atoms with Crippen LogP contribution in [0.1, 0.15) is 19.5 Å². The number of β-lactam (4-membered cyclic amide) rings is 1. The molecule has 2 amide bonds. The monoisotopic (exact) mass is 850 g/mol. The lowest BCUT2D eigenvalue weighted by Crippen LogP contribution is -2.76. The van der Waals surface area contributed by atoms with Gasteiger partial charge >= 0.3 is 22.5 Å². The molecule has 0 bridgehead atoms. The number of aromatic nitrogens is 3. The van der Waals surface area contributed by atoms with Crippen LogP contribution < -0.4 is 20.9 Å². The van der Waals surface area contributed by atoms with Crippen LogP contribution in [0.3, 0.4) is 0 Å². The van der Waals surface area contributed by atoms with Crippen LogP contribution in [0, 0.1) is 0 Å². The number of ether oxygens (including phenoxy) is 2. The summed E-state index contributed by atoms with van der Waals surface area (Å²) in [6, 6.07) is 5.62. The van der Waals surface area contributed by atoms with E-state index in [0.29, 0.717) is 10.8 Å². The third-order valence-corrected chi connectivity index (χ3v) is 9.53. The molecule has 0 aliphatic carbocycles. The maximum Gasteiger partial charge on any atom is 0.430 e. The van der Waals surface area contributed by atoms with E-state index in [0.717, 1.165) is 66.3 Å². The largest absolute Gasteiger partial charge is 0.542 e. The molecule has 26 heteroatoms. The van der Waals surface area contributed by atoms with Crippen molar-refractivity contribution in [2.45, 2.75) is 44.3 Å². The fourth-order valence-electron chi connectivity index (χ4n) is 5.19. The number of hydroxylamine groups is 2. The highest BCUT2D eigenvalue weighted by Crippen LogP contribution is 2.33. The number of thiazole rings is 1. The third-order valence-electron chi connectivity index (χ3n) is 8.52. The van der Waals surface area contributed by atoms with Gasteiger partial charge in [0, 0.05) is 17.1 Å². The van der Waals surface area contributed by atoms with Gasteiger partial charge in [0.25, 0.3) is 17.9 Å². The number of carbonyl (C=O) groups excluding carboxylic acids is 3. The van der Waals surface area contributed by atoms with E-state index in [4.69, 9.17) is 34.5 Å². The normalized spacial score (nSPS) is 18.4. The lowest BCUT2D eigenvalue weighted by Gasteiger charge is -2.50. The fourth-order valence-corrected chi connectivity index (χ4v) is 6.19. The maximum atomic E-state index is 13.2. The molecular formula is C31H37F3N8O13S2. The predicted molar refractivity (Wildman–Crippen MR) is 187 cm³/mol. The van der Waals surface area contributed by atoms with E-state index in [2.05, 4.69) is 31.9 Å². The Bertz CT molecular complexity index is 2070. The summed E-state index contributed by atoms with van der Waals surface area (Å²) in [5.74, 6) is -6.12. The molecule has 0 spiro atoms. The molecule has 5 rings (SSSR count). The number of hydrogen-bond donors (Lipinski definition) is 4. The number of nitrogens with zero attached hydrogens (tertiary/aromatic N) is 6. The number of carboxylic acids is 2. The second-order valence-corrected chi connectivity index (χ2v) is 15.0. The van der Waals surface area contributed by atoms with Crippen molar-refractivity contribution in [3.05, 3.63) is 47.7 Å². The SMILES string of the molecule is CC1(C)[C@H](NC(=O)/C(=N\OC(COc2ccc(-c3cnn(CC[N+]4(C)CCOCC4)c3)cc2)C(=O)O)c2csc(N)n2)C(=O)N1OS(=O)(=O)O.O=C([O-])C(F)(F)F. The number of nitrogen functional groups attached to an aromatic ring is 1. The predicted octanol–water partition coefficient (Wildman–Crippen LogP) is -0.543. The lowest BCUT2D eigenvalue weighted by molar-refractivity contribution is -0.917. The van der Waals surface area contributed by atoms with Gasteiger partial charge in [-0.1, -0.05) is 17.3 Å². The molecule has 2 aliphatic rings. The quantitative estimate of drug-likeness (QED) is 0.0491. The van der Waals surface area contributed by atoms with Gasteiger partial charge in [-0.05, 0) is 31.5 Å². The van der Waals surface area contributed by atoms with E-state index >= 15 is 0 Å². The second-order valence-electron chi connectivity index (χ2n) is 13.2. The first-order chi connectivity index (χ1) is 26.5. The van der Waals surface area contributed by atoms with Crippen molar-refractivity contribution in [3.8, 4) is 16.9 Å². The third kappa shape index (κ3) is 12.0. The molecular weight excluding hydrogens is 814 g/mol. The van der Waals surface area contributed by atoms with Crippen LogP contribution in [-0.4, -0.2) is 142 Å². The van der Waals surface area contributed by atoms with Gasteiger partial charge in [-0.15, -0.1) is 15.6 Å². The summed E-state index contributed by atoms with van der Waals surface area (Å²) in [6.45, 7) is 7.37. The number of likely N-dealkylation sites (N-methyl/N-ethyl adjacent to an activating group) is 1. The van der Waals surface area contributed by atoms with Crippen molar-refractivity contribution in [2.24, 2.45) is 5.16 Å². The number of hydrogen-bond acceptors (Lipinski definition) is 16. The number of morpholine rings is 1. The number of rotatable bonds is 15. The Morgan fingerprint density at radius 2 is 1.84 bits per heavy atom. The van der Waals surface area contributed by atoms with Crippen LogP contribution in [0.2, 0.25) is 0 Å². The Kier molecular flexibility index (Phi) is 13.8. The molecule has 57 heavy (non-hydrogen) atoms. The topological polar surface area (TPSA) is 287 Å². The molecule has 2 aliphatic heterocycles. The number of nitrogens with two attached hydrogens (primary N) is 1. The number of halogens is 3. The molecule has 3 aromatic rings. The molecule has 2 saturated heterocycles. The van der Waals surface area contributed by atoms with Crippen molar-refractivity contribution < 1.29 is 78.6 Å². The van der Waals surface area contributed by atoms with Gasteiger partial charge in [0.15, 0.2) is 10.8 Å². The summed E-state index contributed by atoms with van der Waals surface area (Å²) in [5, 5.41) is 31.0. The molecule has 0 saturated carbocycles. The second kappa shape index (κ2) is 17.8. The lowest BCUT2D eigenvalue weighted by atomic mass is 9.84. The molecule has 2 atom stereocenters. The van der Waals surface area contributed by atoms with Crippen LogP contribution >= 0.6 is 11.3 Å². The molecule has 21 nitrogen and oxygen atoms in total. The summed E-state index contributed by atoms with van der Waals surface area (Å²) in [6.07, 6.45) is -3.14. The standard InChI is InChI=1S/C29H36N8O11S2.C2HF3O2/c1-29(2)24(26(39)36(29)48-50(42,43)44)33-25(38)23(21-17-49-28(30)32-21)34-47-22(27(40)41)16-46-20-6-4-18(5-7-20)19-14-31-35(15-19)8-9-37(3)10-12-45-13-11-37;3-2(4,5)1(6)7/h4-7,14-15,17,22,24H,8-13,16H2,1-3H3,(H4-,30,32,33,38,40,41,42,43,44);(H,6,7)/b34-23-;/t22?,24-;/m1./s1. The average molecular weight is 851 g/mol. The van der Waals surface area contributed by atoms with Gasteiger partial charge in [0.05, 0.1) is 45.1 Å². The van der Waals surface area contributed by atoms with Crippen molar-refractivity contribution in [1.29, 1.82) is 0 Å². The first-order valence-corrected chi connectivity index (χ1v) is 18.7. The van der Waals surface area contributed by atoms with Crippen molar-refractivity contribution in [2.75, 3.05) is 52.2 Å². The van der Waals surface area contributed by atoms with Gasteiger partial charge in [0.1, 0.15) is 43.2 Å². The van der Waals surface area contributed by atoms with E-state index in [1.807, 2.05) is 23.0 Å². The number of amides is 2. The fraction of sp³-hybridized carbons (Fsp3) is 0.452. The maximum absolute atomic E-state index is 13.2. The molecule has 312 valence electrons. The molecule has 1 aromatic carbocycles. The number of nitrogens with one attached hydrogen (secondary N) is 1. The highest BCUT2D eigenvalue weighted by Gasteiger charge is 2.58. The first-order valence-electron chi connectivity index (χ1n) is 16.4. The Balaban J connectivity index is 0.000000940. The summed E-state index contributed by atoms with van der Waals surface area (Å²) < 4.78 is 81.0. The Labute approximate surface area is 325 Å². The van der Waals surface area contributed by atoms with Crippen LogP contribution in [0.4, 0.5) is 18.3 Å². The number of alkyl halides is 3. The number of carbonyl (C=O) groups is 4. The van der Waals surface area contributed by atoms with Crippen molar-refractivity contribution >= 4 is 56.3 Å². The summed E-state index contributed by atoms with van der Waals surface area (Å²) in [5.41, 5.74) is 5.46. The minimum atomic E-state index is -5.19. The van der Waals surface area contributed by atoms with Gasteiger partial charge in [-0.3, -0.25) is 18.8 Å². The van der Waals surface area contributed by atoms with E-state index < -0.39 is 70.3 Å². The minimum Gasteiger partial charge on any atom is -0.542 e. The van der Waals surface area contributed by atoms with Crippen molar-refractivity contribution in [1.82, 2.24) is 25.1 Å².